The number of nitro benzene ring substituents is 1. The number of nitrogens with zero attached hydrogens (tertiary/aromatic N) is 2. The summed E-state index contributed by atoms with van der Waals surface area (Å²) in [6.45, 7) is 2.14. The van der Waals surface area contributed by atoms with Gasteiger partial charge in [0, 0.05) is 17.7 Å². The van der Waals surface area contributed by atoms with E-state index in [0.29, 0.717) is 23.5 Å². The van der Waals surface area contributed by atoms with Gasteiger partial charge in [-0.2, -0.15) is 5.10 Å². The summed E-state index contributed by atoms with van der Waals surface area (Å²) in [4.78, 5) is 34.7. The highest BCUT2D eigenvalue weighted by atomic mass is 16.6. The van der Waals surface area contributed by atoms with Crippen molar-refractivity contribution in [3.05, 3.63) is 99.6 Å². The molecule has 0 aromatic heterocycles. The number of non-ortho nitro benzene ring substituents is 1. The molecule has 32 heavy (non-hydrogen) atoms. The molecular weight excluding hydrogens is 414 g/mol. The van der Waals surface area contributed by atoms with Gasteiger partial charge in [0.2, 0.25) is 0 Å². The van der Waals surface area contributed by atoms with Crippen molar-refractivity contribution in [3.8, 4) is 11.5 Å². The summed E-state index contributed by atoms with van der Waals surface area (Å²) >= 11 is 0. The Kier molecular flexibility index (Phi) is 7.26. The zero-order valence-electron chi connectivity index (χ0n) is 17.1. The van der Waals surface area contributed by atoms with Crippen molar-refractivity contribution >= 4 is 23.8 Å². The van der Waals surface area contributed by atoms with E-state index in [9.17, 15) is 19.7 Å². The quantitative estimate of drug-likeness (QED) is 0.189. The summed E-state index contributed by atoms with van der Waals surface area (Å²) in [5.41, 5.74) is 3.21. The van der Waals surface area contributed by atoms with Gasteiger partial charge in [-0.05, 0) is 48.9 Å². The second kappa shape index (κ2) is 10.5. The zero-order chi connectivity index (χ0) is 22.9. The number of rotatable bonds is 8. The number of carbonyl (C=O) groups excluding carboxylic acids is 2. The second-order valence-electron chi connectivity index (χ2n) is 6.40. The number of hydrogen-bond donors (Lipinski definition) is 1. The van der Waals surface area contributed by atoms with Crippen LogP contribution in [0.1, 0.15) is 33.2 Å². The van der Waals surface area contributed by atoms with Crippen LogP contribution in [0.3, 0.4) is 0 Å². The fourth-order valence-corrected chi connectivity index (χ4v) is 2.68. The summed E-state index contributed by atoms with van der Waals surface area (Å²) < 4.78 is 11.0. The standard InChI is InChI=1S/C23H19N3O6/c1-2-31-21-13-16(11-12-20(21)32-23(28)17-7-4-3-5-8-17)15-24-25-22(27)18-9-6-10-19(14-18)26(29)30/h3-15H,2H2,1H3,(H,25,27). The average molecular weight is 433 g/mol. The van der Waals surface area contributed by atoms with Gasteiger partial charge in [-0.25, -0.2) is 10.2 Å². The van der Waals surface area contributed by atoms with Crippen LogP contribution in [0, 0.1) is 10.1 Å². The molecule has 162 valence electrons. The molecule has 0 aliphatic heterocycles. The molecule has 3 aromatic carbocycles. The van der Waals surface area contributed by atoms with E-state index in [1.54, 1.807) is 55.5 Å². The Balaban J connectivity index is 1.70. The molecule has 0 fully saturated rings. The van der Waals surface area contributed by atoms with E-state index in [1.165, 1.54) is 24.4 Å². The van der Waals surface area contributed by atoms with Crippen LogP contribution in [0.4, 0.5) is 5.69 Å². The van der Waals surface area contributed by atoms with Crippen LogP contribution in [-0.4, -0.2) is 29.6 Å². The number of hydrazone groups is 1. The Labute approximate surface area is 183 Å². The Bertz CT molecular complexity index is 1160. The molecule has 3 rings (SSSR count). The lowest BCUT2D eigenvalue weighted by molar-refractivity contribution is -0.384. The molecule has 1 amide bonds. The lowest BCUT2D eigenvalue weighted by Crippen LogP contribution is -2.17. The number of amides is 1. The fraction of sp³-hybridized carbons (Fsp3) is 0.0870. The largest absolute Gasteiger partial charge is 0.490 e. The maximum absolute atomic E-state index is 12.3. The van der Waals surface area contributed by atoms with Gasteiger partial charge in [0.15, 0.2) is 11.5 Å². The number of nitro groups is 1. The monoisotopic (exact) mass is 433 g/mol. The van der Waals surface area contributed by atoms with Crippen molar-refractivity contribution < 1.29 is 24.0 Å². The van der Waals surface area contributed by atoms with Crippen molar-refractivity contribution in [2.45, 2.75) is 6.92 Å². The summed E-state index contributed by atoms with van der Waals surface area (Å²) in [7, 11) is 0. The molecule has 0 heterocycles. The van der Waals surface area contributed by atoms with Crippen molar-refractivity contribution in [2.75, 3.05) is 6.61 Å². The van der Waals surface area contributed by atoms with Gasteiger partial charge in [0.1, 0.15) is 0 Å². The Morgan fingerprint density at radius 2 is 1.75 bits per heavy atom. The van der Waals surface area contributed by atoms with Gasteiger partial charge in [-0.3, -0.25) is 14.9 Å². The second-order valence-corrected chi connectivity index (χ2v) is 6.40. The molecule has 1 N–H and O–H groups in total. The van der Waals surface area contributed by atoms with Crippen LogP contribution >= 0.6 is 0 Å². The molecule has 9 nitrogen and oxygen atoms in total. The van der Waals surface area contributed by atoms with Crippen LogP contribution in [0.2, 0.25) is 0 Å². The van der Waals surface area contributed by atoms with E-state index in [-0.39, 0.29) is 17.0 Å². The first kappa shape index (κ1) is 22.2. The van der Waals surface area contributed by atoms with E-state index in [2.05, 4.69) is 10.5 Å². The predicted octanol–water partition coefficient (Wildman–Crippen LogP) is 3.98. The number of esters is 1. The average Bonchev–Trinajstić information content (AvgIpc) is 2.81. The van der Waals surface area contributed by atoms with E-state index < -0.39 is 16.8 Å². The third kappa shape index (κ3) is 5.76. The molecule has 0 saturated heterocycles. The van der Waals surface area contributed by atoms with E-state index >= 15 is 0 Å². The number of ether oxygens (including phenoxy) is 2. The molecule has 0 aliphatic carbocycles. The first-order chi connectivity index (χ1) is 15.5. The first-order valence-electron chi connectivity index (χ1n) is 9.60. The zero-order valence-corrected chi connectivity index (χ0v) is 17.1. The van der Waals surface area contributed by atoms with Gasteiger partial charge in [0.25, 0.3) is 11.6 Å². The molecule has 9 heteroatoms. The van der Waals surface area contributed by atoms with Crippen LogP contribution in [0.25, 0.3) is 0 Å². The van der Waals surface area contributed by atoms with Gasteiger partial charge in [-0.1, -0.05) is 24.3 Å². The fourth-order valence-electron chi connectivity index (χ4n) is 2.68. The molecule has 0 aliphatic rings. The van der Waals surface area contributed by atoms with Crippen molar-refractivity contribution in [1.29, 1.82) is 0 Å². The molecule has 0 radical (unpaired) electrons. The molecular formula is C23H19N3O6. The highest BCUT2D eigenvalue weighted by Gasteiger charge is 2.13. The molecule has 0 bridgehead atoms. The maximum Gasteiger partial charge on any atom is 0.343 e. The van der Waals surface area contributed by atoms with Crippen molar-refractivity contribution in [2.24, 2.45) is 5.10 Å². The summed E-state index contributed by atoms with van der Waals surface area (Å²) in [5, 5.41) is 14.7. The third-order valence-electron chi connectivity index (χ3n) is 4.18. The van der Waals surface area contributed by atoms with E-state index in [0.717, 1.165) is 6.07 Å². The maximum atomic E-state index is 12.3. The lowest BCUT2D eigenvalue weighted by atomic mass is 10.2. The first-order valence-corrected chi connectivity index (χ1v) is 9.60. The number of carbonyl (C=O) groups is 2. The molecule has 0 spiro atoms. The van der Waals surface area contributed by atoms with Crippen LogP contribution in [-0.2, 0) is 0 Å². The highest BCUT2D eigenvalue weighted by molar-refractivity contribution is 5.95. The molecule has 0 saturated carbocycles. The SMILES string of the molecule is CCOc1cc(C=NNC(=O)c2cccc([N+](=O)[O-])c2)ccc1OC(=O)c1ccccc1. The minimum Gasteiger partial charge on any atom is -0.490 e. The Morgan fingerprint density at radius 3 is 2.47 bits per heavy atom. The van der Waals surface area contributed by atoms with E-state index in [4.69, 9.17) is 9.47 Å². The molecule has 0 unspecified atom stereocenters. The van der Waals surface area contributed by atoms with Crippen LogP contribution in [0.15, 0.2) is 77.9 Å². The molecule has 0 atom stereocenters. The minimum atomic E-state index is -0.594. The van der Waals surface area contributed by atoms with E-state index in [1.807, 2.05) is 0 Å². The van der Waals surface area contributed by atoms with Gasteiger partial charge < -0.3 is 9.47 Å². The number of benzene rings is 3. The third-order valence-corrected chi connectivity index (χ3v) is 4.18. The lowest BCUT2D eigenvalue weighted by Gasteiger charge is -2.11. The van der Waals surface area contributed by atoms with Crippen molar-refractivity contribution in [3.63, 3.8) is 0 Å². The van der Waals surface area contributed by atoms with Crippen molar-refractivity contribution in [1.82, 2.24) is 5.43 Å². The normalized spacial score (nSPS) is 10.5. The predicted molar refractivity (Wildman–Crippen MR) is 117 cm³/mol. The number of hydrogen-bond acceptors (Lipinski definition) is 7. The number of nitrogens with one attached hydrogen (secondary N) is 1. The summed E-state index contributed by atoms with van der Waals surface area (Å²) in [6, 6.07) is 18.7. The Morgan fingerprint density at radius 1 is 1.00 bits per heavy atom. The summed E-state index contributed by atoms with van der Waals surface area (Å²) in [6.07, 6.45) is 1.38. The topological polar surface area (TPSA) is 120 Å². The minimum absolute atomic E-state index is 0.106. The van der Waals surface area contributed by atoms with Crippen LogP contribution < -0.4 is 14.9 Å². The van der Waals surface area contributed by atoms with Gasteiger partial charge in [0.05, 0.1) is 23.3 Å². The van der Waals surface area contributed by atoms with Gasteiger partial charge >= 0.3 is 5.97 Å². The smallest absolute Gasteiger partial charge is 0.343 e. The summed E-state index contributed by atoms with van der Waals surface area (Å²) in [5.74, 6) is -0.523. The van der Waals surface area contributed by atoms with Gasteiger partial charge in [-0.15, -0.1) is 0 Å². The van der Waals surface area contributed by atoms with Crippen LogP contribution in [0.5, 0.6) is 11.5 Å². The molecule has 3 aromatic rings. The Hall–Kier alpha value is -4.53. The highest BCUT2D eigenvalue weighted by Crippen LogP contribution is 2.29.